The van der Waals surface area contributed by atoms with Gasteiger partial charge in [0.2, 0.25) is 0 Å². The summed E-state index contributed by atoms with van der Waals surface area (Å²) in [5.74, 6) is 0.0814. The Morgan fingerprint density at radius 1 is 1.05 bits per heavy atom. The SMILES string of the molecule is OC[C@H](O)[C@H](O)[C@@H](O)[C@H](O)c1nc2ccccc2[nH]1. The van der Waals surface area contributed by atoms with E-state index in [1.165, 1.54) is 0 Å². The predicted octanol–water partition coefficient (Wildman–Crippen LogP) is -1.33. The van der Waals surface area contributed by atoms with Gasteiger partial charge in [-0.05, 0) is 12.1 Å². The molecule has 7 nitrogen and oxygen atoms in total. The normalized spacial score (nSPS) is 18.2. The molecule has 4 atom stereocenters. The first kappa shape index (κ1) is 13.9. The summed E-state index contributed by atoms with van der Waals surface area (Å²) < 4.78 is 0. The molecule has 1 heterocycles. The Balaban J connectivity index is 2.20. The number of aliphatic hydroxyl groups excluding tert-OH is 5. The Morgan fingerprint density at radius 3 is 2.37 bits per heavy atom. The van der Waals surface area contributed by atoms with Crippen LogP contribution in [0.1, 0.15) is 11.9 Å². The Labute approximate surface area is 108 Å². The highest BCUT2D eigenvalue weighted by Crippen LogP contribution is 2.21. The fourth-order valence-electron chi connectivity index (χ4n) is 1.80. The number of nitrogens with zero attached hydrogens (tertiary/aromatic N) is 1. The molecule has 0 aliphatic rings. The van der Waals surface area contributed by atoms with Crippen LogP contribution in [-0.2, 0) is 0 Å². The number of H-pyrrole nitrogens is 1. The number of hydrogen-bond acceptors (Lipinski definition) is 6. The number of benzene rings is 1. The van der Waals surface area contributed by atoms with Gasteiger partial charge >= 0.3 is 0 Å². The molecule has 0 saturated heterocycles. The van der Waals surface area contributed by atoms with Crippen LogP contribution in [0, 0.1) is 0 Å². The zero-order valence-corrected chi connectivity index (χ0v) is 10.0. The first-order chi connectivity index (χ1) is 9.04. The monoisotopic (exact) mass is 268 g/mol. The second kappa shape index (κ2) is 5.64. The van der Waals surface area contributed by atoms with E-state index >= 15 is 0 Å². The predicted molar refractivity (Wildman–Crippen MR) is 66.2 cm³/mol. The zero-order valence-electron chi connectivity index (χ0n) is 10.0. The topological polar surface area (TPSA) is 130 Å². The van der Waals surface area contributed by atoms with Crippen LogP contribution in [-0.4, -0.2) is 60.4 Å². The van der Waals surface area contributed by atoms with E-state index < -0.39 is 31.0 Å². The van der Waals surface area contributed by atoms with Crippen molar-refractivity contribution in [3.63, 3.8) is 0 Å². The largest absolute Gasteiger partial charge is 0.394 e. The van der Waals surface area contributed by atoms with Crippen molar-refractivity contribution in [2.45, 2.75) is 24.4 Å². The van der Waals surface area contributed by atoms with E-state index in [9.17, 15) is 20.4 Å². The number of fused-ring (bicyclic) bond motifs is 1. The smallest absolute Gasteiger partial charge is 0.140 e. The van der Waals surface area contributed by atoms with Gasteiger partial charge in [-0.2, -0.15) is 0 Å². The van der Waals surface area contributed by atoms with Crippen molar-refractivity contribution in [2.75, 3.05) is 6.61 Å². The molecule has 0 bridgehead atoms. The number of aromatic nitrogens is 2. The maximum Gasteiger partial charge on any atom is 0.140 e. The summed E-state index contributed by atoms with van der Waals surface area (Å²) in [6, 6.07) is 7.05. The van der Waals surface area contributed by atoms with E-state index in [2.05, 4.69) is 9.97 Å². The van der Waals surface area contributed by atoms with Crippen LogP contribution in [0.25, 0.3) is 11.0 Å². The Bertz CT molecular complexity index is 511. The highest BCUT2D eigenvalue weighted by Gasteiger charge is 2.32. The third kappa shape index (κ3) is 2.75. The standard InChI is InChI=1S/C12H16N2O5/c15-5-8(16)9(17)10(18)11(19)12-13-6-3-1-2-4-7(6)14-12/h1-4,8-11,15-19H,5H2,(H,13,14)/t8-,9-,10+,11-/m0/s1. The summed E-state index contributed by atoms with van der Waals surface area (Å²) >= 11 is 0. The average molecular weight is 268 g/mol. The van der Waals surface area contributed by atoms with Crippen LogP contribution in [0.15, 0.2) is 24.3 Å². The molecule has 19 heavy (non-hydrogen) atoms. The maximum absolute atomic E-state index is 9.91. The summed E-state index contributed by atoms with van der Waals surface area (Å²) in [7, 11) is 0. The van der Waals surface area contributed by atoms with Gasteiger partial charge in [-0.25, -0.2) is 4.98 Å². The van der Waals surface area contributed by atoms with Crippen molar-refractivity contribution < 1.29 is 25.5 Å². The highest BCUT2D eigenvalue weighted by molar-refractivity contribution is 5.74. The van der Waals surface area contributed by atoms with Crippen LogP contribution in [0.2, 0.25) is 0 Å². The van der Waals surface area contributed by atoms with Crippen molar-refractivity contribution in [2.24, 2.45) is 0 Å². The Hall–Kier alpha value is -1.51. The Kier molecular flexibility index (Phi) is 4.13. The Morgan fingerprint density at radius 2 is 1.74 bits per heavy atom. The molecule has 0 fully saturated rings. The van der Waals surface area contributed by atoms with Crippen molar-refractivity contribution in [1.82, 2.24) is 9.97 Å². The number of rotatable bonds is 5. The van der Waals surface area contributed by atoms with E-state index in [1.807, 2.05) is 0 Å². The number of imidazole rings is 1. The summed E-state index contributed by atoms with van der Waals surface area (Å²) in [6.07, 6.45) is -6.37. The lowest BCUT2D eigenvalue weighted by atomic mass is 10.0. The molecule has 1 aromatic carbocycles. The molecule has 6 N–H and O–H groups in total. The lowest BCUT2D eigenvalue weighted by molar-refractivity contribution is -0.117. The number of aromatic amines is 1. The molecule has 1 aromatic heterocycles. The number of hydrogen-bond donors (Lipinski definition) is 6. The third-order valence-electron chi connectivity index (χ3n) is 2.94. The second-order valence-electron chi connectivity index (χ2n) is 4.32. The minimum Gasteiger partial charge on any atom is -0.394 e. The maximum atomic E-state index is 9.91. The quantitative estimate of drug-likeness (QED) is 0.398. The van der Waals surface area contributed by atoms with Crippen LogP contribution in [0.3, 0.4) is 0 Å². The zero-order chi connectivity index (χ0) is 14.0. The van der Waals surface area contributed by atoms with Gasteiger partial charge in [0.1, 0.15) is 30.2 Å². The average Bonchev–Trinajstić information content (AvgIpc) is 2.87. The molecule has 0 saturated carbocycles. The van der Waals surface area contributed by atoms with Crippen LogP contribution in [0.4, 0.5) is 0 Å². The molecule has 2 aromatic rings. The fourth-order valence-corrected chi connectivity index (χ4v) is 1.80. The molecular weight excluding hydrogens is 252 g/mol. The van der Waals surface area contributed by atoms with Crippen LogP contribution >= 0.6 is 0 Å². The van der Waals surface area contributed by atoms with Gasteiger partial charge in [0.25, 0.3) is 0 Å². The molecular formula is C12H16N2O5. The van der Waals surface area contributed by atoms with Gasteiger partial charge in [-0.15, -0.1) is 0 Å². The highest BCUT2D eigenvalue weighted by atomic mass is 16.4. The van der Waals surface area contributed by atoms with Gasteiger partial charge in [0, 0.05) is 0 Å². The van der Waals surface area contributed by atoms with Gasteiger partial charge < -0.3 is 30.5 Å². The minimum atomic E-state index is -1.67. The van der Waals surface area contributed by atoms with Crippen molar-refractivity contribution >= 4 is 11.0 Å². The lowest BCUT2D eigenvalue weighted by Gasteiger charge is -2.24. The minimum absolute atomic E-state index is 0.0814. The third-order valence-corrected chi connectivity index (χ3v) is 2.94. The van der Waals surface area contributed by atoms with Gasteiger partial charge in [-0.1, -0.05) is 12.1 Å². The van der Waals surface area contributed by atoms with E-state index in [4.69, 9.17) is 5.11 Å². The van der Waals surface area contributed by atoms with E-state index in [0.29, 0.717) is 11.0 Å². The van der Waals surface area contributed by atoms with E-state index in [0.717, 1.165) is 0 Å². The first-order valence-electron chi connectivity index (χ1n) is 5.82. The second-order valence-corrected chi connectivity index (χ2v) is 4.32. The first-order valence-corrected chi connectivity index (χ1v) is 5.82. The van der Waals surface area contributed by atoms with Crippen LogP contribution < -0.4 is 0 Å². The molecule has 0 aliphatic heterocycles. The lowest BCUT2D eigenvalue weighted by Crippen LogP contribution is -2.42. The molecule has 0 radical (unpaired) electrons. The molecule has 104 valence electrons. The molecule has 0 amide bonds. The number of nitrogens with one attached hydrogen (secondary N) is 1. The summed E-state index contributed by atoms with van der Waals surface area (Å²) in [5.41, 5.74) is 1.29. The van der Waals surface area contributed by atoms with Gasteiger partial charge in [0.05, 0.1) is 17.6 Å². The van der Waals surface area contributed by atoms with E-state index in [-0.39, 0.29) is 5.82 Å². The molecule has 0 aliphatic carbocycles. The van der Waals surface area contributed by atoms with E-state index in [1.54, 1.807) is 24.3 Å². The summed E-state index contributed by atoms with van der Waals surface area (Å²) in [4.78, 5) is 6.89. The summed E-state index contributed by atoms with van der Waals surface area (Å²) in [5, 5.41) is 47.1. The molecule has 7 heteroatoms. The molecule has 0 spiro atoms. The van der Waals surface area contributed by atoms with Crippen molar-refractivity contribution in [1.29, 1.82) is 0 Å². The number of aliphatic hydroxyl groups is 5. The van der Waals surface area contributed by atoms with Crippen LogP contribution in [0.5, 0.6) is 0 Å². The van der Waals surface area contributed by atoms with Crippen molar-refractivity contribution in [3.8, 4) is 0 Å². The van der Waals surface area contributed by atoms with Gasteiger partial charge in [-0.3, -0.25) is 0 Å². The van der Waals surface area contributed by atoms with Crippen molar-refractivity contribution in [3.05, 3.63) is 30.1 Å². The molecule has 2 rings (SSSR count). The number of para-hydroxylation sites is 2. The summed E-state index contributed by atoms with van der Waals surface area (Å²) in [6.45, 7) is -0.717. The molecule has 0 unspecified atom stereocenters. The fraction of sp³-hybridized carbons (Fsp3) is 0.417. The van der Waals surface area contributed by atoms with Gasteiger partial charge in [0.15, 0.2) is 0 Å².